The maximum atomic E-state index is 12.1. The molecule has 0 fully saturated rings. The third-order valence-corrected chi connectivity index (χ3v) is 1.02. The van der Waals surface area contributed by atoms with Crippen LogP contribution < -0.4 is 0 Å². The van der Waals surface area contributed by atoms with Crippen LogP contribution in [-0.4, -0.2) is 5.16 Å². The molecule has 0 aliphatic carbocycles. The third-order valence-electron chi connectivity index (χ3n) is 0.787. The highest BCUT2D eigenvalue weighted by molar-refractivity contribution is 7.78. The summed E-state index contributed by atoms with van der Waals surface area (Å²) in [6, 6.07) is 5.82. The zero-order valence-corrected chi connectivity index (χ0v) is 7.05. The fourth-order valence-corrected chi connectivity index (χ4v) is 0.637. The molecule has 1 nitrogen and oxygen atoms in total. The monoisotopic (exact) mass is 189 g/mol. The number of benzene rings is 1. The van der Waals surface area contributed by atoms with Crippen LogP contribution in [0.4, 0.5) is 4.39 Å². The first-order valence-electron chi connectivity index (χ1n) is 2.65. The van der Waals surface area contributed by atoms with Gasteiger partial charge in [-0.05, 0) is 30.4 Å². The van der Waals surface area contributed by atoms with Crippen molar-refractivity contribution in [3.8, 4) is 0 Å². The molecule has 0 atom stereocenters. The standard InChI is InChI=1S/C6H4ClF.CHNS/c7-5-2-1-3-6(8)4-5;2-1-3/h1-4H;2H. The van der Waals surface area contributed by atoms with Crippen LogP contribution in [0.2, 0.25) is 5.02 Å². The molecule has 4 heteroatoms. The van der Waals surface area contributed by atoms with E-state index in [1.54, 1.807) is 17.3 Å². The number of rotatable bonds is 0. The first kappa shape index (κ1) is 10.2. The largest absolute Gasteiger partial charge is 0.248 e. The minimum Gasteiger partial charge on any atom is -0.248 e. The normalized spacial score (nSPS) is 7.45. The Bertz CT molecular complexity index is 241. The lowest BCUT2D eigenvalue weighted by Gasteiger charge is -1.85. The molecule has 0 aliphatic rings. The number of hydrogen-bond acceptors (Lipinski definition) is 2. The summed E-state index contributed by atoms with van der Waals surface area (Å²) >= 11 is 9.22. The average Bonchev–Trinajstić information content (AvgIpc) is 1.88. The van der Waals surface area contributed by atoms with Gasteiger partial charge in [0.25, 0.3) is 0 Å². The van der Waals surface area contributed by atoms with E-state index in [0.29, 0.717) is 5.02 Å². The second-order valence-electron chi connectivity index (χ2n) is 1.54. The van der Waals surface area contributed by atoms with Crippen molar-refractivity contribution < 1.29 is 4.39 Å². The van der Waals surface area contributed by atoms with Crippen LogP contribution in [0, 0.1) is 11.2 Å². The minimum absolute atomic E-state index is 0.294. The minimum atomic E-state index is -0.294. The summed E-state index contributed by atoms with van der Waals surface area (Å²) in [5, 5.41) is 7.79. The zero-order valence-electron chi connectivity index (χ0n) is 5.47. The van der Waals surface area contributed by atoms with Gasteiger partial charge in [-0.1, -0.05) is 17.7 Å². The second kappa shape index (κ2) is 5.98. The van der Waals surface area contributed by atoms with Gasteiger partial charge in [0.1, 0.15) is 5.82 Å². The zero-order chi connectivity index (χ0) is 8.69. The third kappa shape index (κ3) is 5.67. The van der Waals surface area contributed by atoms with E-state index in [1.807, 2.05) is 0 Å². The van der Waals surface area contributed by atoms with Crippen molar-refractivity contribution in [2.45, 2.75) is 0 Å². The summed E-state index contributed by atoms with van der Waals surface area (Å²) < 4.78 is 12.1. The summed E-state index contributed by atoms with van der Waals surface area (Å²) in [6.07, 6.45) is 0. The average molecular weight is 190 g/mol. The van der Waals surface area contributed by atoms with E-state index >= 15 is 0 Å². The summed E-state index contributed by atoms with van der Waals surface area (Å²) in [5.41, 5.74) is 0. The highest BCUT2D eigenvalue weighted by Crippen LogP contribution is 2.07. The van der Waals surface area contributed by atoms with Crippen molar-refractivity contribution >= 4 is 29.0 Å². The van der Waals surface area contributed by atoms with Crippen molar-refractivity contribution in [3.05, 3.63) is 35.1 Å². The number of isothiocyanates is 1. The van der Waals surface area contributed by atoms with Gasteiger partial charge < -0.3 is 0 Å². The lowest BCUT2D eigenvalue weighted by atomic mass is 10.4. The van der Waals surface area contributed by atoms with Crippen molar-refractivity contribution in [1.29, 1.82) is 5.41 Å². The first-order chi connectivity index (χ1) is 5.20. The maximum absolute atomic E-state index is 12.1. The Labute approximate surface area is 74.3 Å². The van der Waals surface area contributed by atoms with Gasteiger partial charge >= 0.3 is 0 Å². The smallest absolute Gasteiger partial charge is 0.124 e. The molecule has 0 spiro atoms. The van der Waals surface area contributed by atoms with Gasteiger partial charge in [0.15, 0.2) is 0 Å². The molecule has 0 aliphatic heterocycles. The quantitative estimate of drug-likeness (QED) is 0.492. The Balaban J connectivity index is 0.000000292. The summed E-state index contributed by atoms with van der Waals surface area (Å²) in [4.78, 5) is 0. The molecule has 1 aromatic carbocycles. The molecule has 0 radical (unpaired) electrons. The van der Waals surface area contributed by atoms with Gasteiger partial charge in [-0.15, -0.1) is 0 Å². The Hall–Kier alpha value is -0.760. The molecule has 0 amide bonds. The lowest BCUT2D eigenvalue weighted by molar-refractivity contribution is 0.628. The van der Waals surface area contributed by atoms with Crippen LogP contribution in [0.3, 0.4) is 0 Å². The van der Waals surface area contributed by atoms with Crippen molar-refractivity contribution in [2.75, 3.05) is 0 Å². The molecule has 0 saturated heterocycles. The number of halogens is 2. The SMILES string of the molecule is Fc1cccc(Cl)c1.N=C=S. The molecule has 0 aromatic heterocycles. The van der Waals surface area contributed by atoms with E-state index in [1.165, 1.54) is 12.1 Å². The van der Waals surface area contributed by atoms with Gasteiger partial charge in [0.05, 0.1) is 5.16 Å². The predicted octanol–water partition coefficient (Wildman–Crippen LogP) is 3.15. The van der Waals surface area contributed by atoms with Crippen molar-refractivity contribution in [2.24, 2.45) is 0 Å². The van der Waals surface area contributed by atoms with Crippen LogP contribution in [0.5, 0.6) is 0 Å². The van der Waals surface area contributed by atoms with Crippen molar-refractivity contribution in [1.82, 2.24) is 0 Å². The molecule has 1 N–H and O–H groups in total. The predicted molar refractivity (Wildman–Crippen MR) is 46.7 cm³/mol. The molecule has 58 valence electrons. The Kier molecular flexibility index (Phi) is 5.57. The van der Waals surface area contributed by atoms with E-state index in [2.05, 4.69) is 12.2 Å². The van der Waals surface area contributed by atoms with Crippen LogP contribution >= 0.6 is 23.8 Å². The molecule has 0 saturated carbocycles. The topological polar surface area (TPSA) is 23.9 Å². The number of hydrogen-bond donors (Lipinski definition) is 1. The molecule has 0 heterocycles. The lowest BCUT2D eigenvalue weighted by Crippen LogP contribution is -1.68. The van der Waals surface area contributed by atoms with Gasteiger partial charge in [0.2, 0.25) is 0 Å². The second-order valence-corrected chi connectivity index (χ2v) is 2.18. The van der Waals surface area contributed by atoms with E-state index in [9.17, 15) is 4.39 Å². The highest BCUT2D eigenvalue weighted by atomic mass is 35.5. The summed E-state index contributed by atoms with van der Waals surface area (Å²) in [6.45, 7) is 0. The molecule has 1 rings (SSSR count). The first-order valence-corrected chi connectivity index (χ1v) is 3.44. The van der Waals surface area contributed by atoms with Gasteiger partial charge in [-0.2, -0.15) is 0 Å². The molecular weight excluding hydrogens is 185 g/mol. The molecule has 0 unspecified atom stereocenters. The van der Waals surface area contributed by atoms with Crippen LogP contribution in [0.15, 0.2) is 24.3 Å². The fraction of sp³-hybridized carbons (Fsp3) is 0. The summed E-state index contributed by atoms with van der Waals surface area (Å²) in [7, 11) is 0. The van der Waals surface area contributed by atoms with E-state index in [-0.39, 0.29) is 5.82 Å². The molecular formula is C7H5ClFNS. The van der Waals surface area contributed by atoms with Gasteiger partial charge in [0, 0.05) is 5.02 Å². The molecule has 1 aromatic rings. The van der Waals surface area contributed by atoms with Crippen molar-refractivity contribution in [3.63, 3.8) is 0 Å². The summed E-state index contributed by atoms with van der Waals surface area (Å²) in [5.74, 6) is -0.294. The van der Waals surface area contributed by atoms with Crippen LogP contribution in [0.1, 0.15) is 0 Å². The Morgan fingerprint density at radius 2 is 2.09 bits per heavy atom. The van der Waals surface area contributed by atoms with E-state index in [0.717, 1.165) is 0 Å². The van der Waals surface area contributed by atoms with E-state index < -0.39 is 0 Å². The van der Waals surface area contributed by atoms with Gasteiger partial charge in [-0.3, -0.25) is 0 Å². The van der Waals surface area contributed by atoms with Gasteiger partial charge in [-0.25, -0.2) is 9.80 Å². The maximum Gasteiger partial charge on any atom is 0.124 e. The number of nitrogens with one attached hydrogen (secondary N) is 1. The highest BCUT2D eigenvalue weighted by Gasteiger charge is 1.86. The van der Waals surface area contributed by atoms with Crippen LogP contribution in [-0.2, 0) is 0 Å². The molecule has 0 bridgehead atoms. The van der Waals surface area contributed by atoms with E-state index in [4.69, 9.17) is 17.0 Å². The Morgan fingerprint density at radius 3 is 2.36 bits per heavy atom. The number of thiocarbonyl (C=S) groups is 1. The molecule has 11 heavy (non-hydrogen) atoms. The Morgan fingerprint density at radius 1 is 1.55 bits per heavy atom. The fourth-order valence-electron chi connectivity index (χ4n) is 0.460. The van der Waals surface area contributed by atoms with Crippen LogP contribution in [0.25, 0.3) is 0 Å².